The van der Waals surface area contributed by atoms with Gasteiger partial charge in [0, 0.05) is 0 Å². The van der Waals surface area contributed by atoms with Crippen molar-refractivity contribution in [3.8, 4) is 33.4 Å². The highest BCUT2D eigenvalue weighted by Gasteiger charge is 2.19. The SMILES string of the molecule is c1ccc(-c2c3ccccc3c(-c3cccc4c3ccc3c(-c5ccccc5)c5ccccc5cc34)c3ccccc23)cc1. The molecule has 0 N–H and O–H groups in total. The van der Waals surface area contributed by atoms with E-state index in [-0.39, 0.29) is 0 Å². The van der Waals surface area contributed by atoms with Gasteiger partial charge in [0.1, 0.15) is 0 Å². The monoisotopic (exact) mass is 556 g/mol. The molecule has 0 amide bonds. The number of benzene rings is 9. The van der Waals surface area contributed by atoms with Crippen molar-refractivity contribution >= 4 is 53.9 Å². The van der Waals surface area contributed by atoms with Crippen LogP contribution in [-0.2, 0) is 0 Å². The second kappa shape index (κ2) is 9.93. The Morgan fingerprint density at radius 3 is 1.27 bits per heavy atom. The van der Waals surface area contributed by atoms with E-state index in [1.54, 1.807) is 0 Å². The molecule has 9 aromatic rings. The quantitative estimate of drug-likeness (QED) is 0.150. The van der Waals surface area contributed by atoms with Gasteiger partial charge in [-0.1, -0.05) is 164 Å². The smallest absolute Gasteiger partial charge is 0.00201 e. The van der Waals surface area contributed by atoms with Gasteiger partial charge in [-0.25, -0.2) is 0 Å². The highest BCUT2D eigenvalue weighted by atomic mass is 14.2. The summed E-state index contributed by atoms with van der Waals surface area (Å²) in [5, 5.41) is 12.8. The summed E-state index contributed by atoms with van der Waals surface area (Å²) in [5.74, 6) is 0. The van der Waals surface area contributed by atoms with Crippen molar-refractivity contribution in [2.75, 3.05) is 0 Å². The van der Waals surface area contributed by atoms with Crippen LogP contribution in [0.5, 0.6) is 0 Å². The molecule has 0 fully saturated rings. The Labute approximate surface area is 256 Å². The molecule has 0 radical (unpaired) electrons. The largest absolute Gasteiger partial charge is 0.0622 e. The van der Waals surface area contributed by atoms with Gasteiger partial charge < -0.3 is 0 Å². The van der Waals surface area contributed by atoms with E-state index in [0.717, 1.165) is 0 Å². The van der Waals surface area contributed by atoms with E-state index in [0.29, 0.717) is 0 Å². The lowest BCUT2D eigenvalue weighted by atomic mass is 9.83. The van der Waals surface area contributed by atoms with Gasteiger partial charge in [-0.15, -0.1) is 0 Å². The lowest BCUT2D eigenvalue weighted by molar-refractivity contribution is 1.66. The molecule has 204 valence electrons. The van der Waals surface area contributed by atoms with Gasteiger partial charge in [0.2, 0.25) is 0 Å². The molecular formula is C44H28. The maximum Gasteiger partial charge on any atom is -0.00201 e. The van der Waals surface area contributed by atoms with Gasteiger partial charge in [-0.2, -0.15) is 0 Å². The molecule has 0 saturated carbocycles. The summed E-state index contributed by atoms with van der Waals surface area (Å²) < 4.78 is 0. The third-order valence-electron chi connectivity index (χ3n) is 9.23. The molecule has 0 aliphatic carbocycles. The van der Waals surface area contributed by atoms with Crippen LogP contribution in [0.1, 0.15) is 0 Å². The Balaban J connectivity index is 1.42. The Morgan fingerprint density at radius 1 is 0.227 bits per heavy atom. The van der Waals surface area contributed by atoms with Crippen molar-refractivity contribution in [3.05, 3.63) is 170 Å². The zero-order valence-corrected chi connectivity index (χ0v) is 24.2. The molecule has 0 heteroatoms. The molecule has 0 aliphatic heterocycles. The van der Waals surface area contributed by atoms with Crippen LogP contribution in [0.3, 0.4) is 0 Å². The lowest BCUT2D eigenvalue weighted by Crippen LogP contribution is -1.92. The minimum Gasteiger partial charge on any atom is -0.0622 e. The van der Waals surface area contributed by atoms with Crippen LogP contribution >= 0.6 is 0 Å². The Kier molecular flexibility index (Phi) is 5.61. The second-order valence-electron chi connectivity index (χ2n) is 11.6. The third kappa shape index (κ3) is 3.71. The van der Waals surface area contributed by atoms with Crippen molar-refractivity contribution in [3.63, 3.8) is 0 Å². The molecular weight excluding hydrogens is 528 g/mol. The lowest BCUT2D eigenvalue weighted by Gasteiger charge is -2.19. The number of hydrogen-bond acceptors (Lipinski definition) is 0. The first kappa shape index (κ1) is 24.8. The molecule has 44 heavy (non-hydrogen) atoms. The second-order valence-corrected chi connectivity index (χ2v) is 11.6. The average Bonchev–Trinajstić information content (AvgIpc) is 3.10. The number of rotatable bonds is 3. The summed E-state index contributed by atoms with van der Waals surface area (Å²) in [6, 6.07) is 62.2. The van der Waals surface area contributed by atoms with Crippen LogP contribution in [0.25, 0.3) is 87.2 Å². The Bertz CT molecular complexity index is 2470. The molecule has 9 aromatic carbocycles. The van der Waals surface area contributed by atoms with Crippen molar-refractivity contribution in [2.45, 2.75) is 0 Å². The van der Waals surface area contributed by atoms with Gasteiger partial charge in [0.25, 0.3) is 0 Å². The van der Waals surface area contributed by atoms with Crippen LogP contribution < -0.4 is 0 Å². The first-order valence-corrected chi connectivity index (χ1v) is 15.3. The number of hydrogen-bond donors (Lipinski definition) is 0. The molecule has 0 unspecified atom stereocenters. The molecule has 0 nitrogen and oxygen atoms in total. The molecule has 0 aromatic heterocycles. The zero-order chi connectivity index (χ0) is 29.0. The van der Waals surface area contributed by atoms with Crippen molar-refractivity contribution in [1.29, 1.82) is 0 Å². The van der Waals surface area contributed by atoms with E-state index in [4.69, 9.17) is 0 Å². The fraction of sp³-hybridized carbons (Fsp3) is 0. The minimum atomic E-state index is 1.25. The summed E-state index contributed by atoms with van der Waals surface area (Å²) >= 11 is 0. The zero-order valence-electron chi connectivity index (χ0n) is 24.2. The van der Waals surface area contributed by atoms with Crippen molar-refractivity contribution < 1.29 is 0 Å². The molecule has 9 rings (SSSR count). The summed E-state index contributed by atoms with van der Waals surface area (Å²) in [7, 11) is 0. The summed E-state index contributed by atoms with van der Waals surface area (Å²) in [6.45, 7) is 0. The summed E-state index contributed by atoms with van der Waals surface area (Å²) in [5.41, 5.74) is 7.66. The van der Waals surface area contributed by atoms with Crippen LogP contribution in [0.15, 0.2) is 170 Å². The molecule has 0 bridgehead atoms. The normalized spacial score (nSPS) is 11.6. The van der Waals surface area contributed by atoms with Crippen molar-refractivity contribution in [2.24, 2.45) is 0 Å². The van der Waals surface area contributed by atoms with E-state index in [1.807, 2.05) is 0 Å². The molecule has 0 heterocycles. The van der Waals surface area contributed by atoms with Crippen LogP contribution in [0, 0.1) is 0 Å². The van der Waals surface area contributed by atoms with Gasteiger partial charge in [0.15, 0.2) is 0 Å². The van der Waals surface area contributed by atoms with Gasteiger partial charge >= 0.3 is 0 Å². The minimum absolute atomic E-state index is 1.25. The molecule has 0 aliphatic rings. The standard InChI is InChI=1S/C44H28/c1-3-14-29(15-4-1)42-32-19-8-7-18-31(32)28-41-33-24-13-25-35(34(33)26-27-40(41)42)44-38-22-11-9-20-36(38)43(30-16-5-2-6-17-30)37-21-10-12-23-39(37)44/h1-28H. The fourth-order valence-corrected chi connectivity index (χ4v) is 7.37. The maximum absolute atomic E-state index is 2.39. The maximum atomic E-state index is 2.39. The predicted octanol–water partition coefficient (Wildman–Crippen LogP) is 12.5. The van der Waals surface area contributed by atoms with Crippen LogP contribution in [-0.4, -0.2) is 0 Å². The van der Waals surface area contributed by atoms with Crippen molar-refractivity contribution in [1.82, 2.24) is 0 Å². The van der Waals surface area contributed by atoms with E-state index in [1.165, 1.54) is 87.2 Å². The predicted molar refractivity (Wildman–Crippen MR) is 190 cm³/mol. The topological polar surface area (TPSA) is 0 Å². The van der Waals surface area contributed by atoms with E-state index < -0.39 is 0 Å². The first-order chi connectivity index (χ1) is 21.9. The van der Waals surface area contributed by atoms with Crippen LogP contribution in [0.4, 0.5) is 0 Å². The Morgan fingerprint density at radius 2 is 0.659 bits per heavy atom. The van der Waals surface area contributed by atoms with E-state index in [9.17, 15) is 0 Å². The van der Waals surface area contributed by atoms with E-state index >= 15 is 0 Å². The molecule has 0 saturated heterocycles. The first-order valence-electron chi connectivity index (χ1n) is 15.3. The summed E-state index contributed by atoms with van der Waals surface area (Å²) in [4.78, 5) is 0. The van der Waals surface area contributed by atoms with Gasteiger partial charge in [0.05, 0.1) is 0 Å². The fourth-order valence-electron chi connectivity index (χ4n) is 7.37. The Hall–Kier alpha value is -5.72. The van der Waals surface area contributed by atoms with Crippen LogP contribution in [0.2, 0.25) is 0 Å². The summed E-state index contributed by atoms with van der Waals surface area (Å²) in [6.07, 6.45) is 0. The number of fused-ring (bicyclic) bond motifs is 6. The third-order valence-corrected chi connectivity index (χ3v) is 9.23. The van der Waals surface area contributed by atoms with Gasteiger partial charge in [-0.05, 0) is 93.3 Å². The van der Waals surface area contributed by atoms with E-state index in [2.05, 4.69) is 170 Å². The highest BCUT2D eigenvalue weighted by molar-refractivity contribution is 6.26. The molecule has 0 spiro atoms. The highest BCUT2D eigenvalue weighted by Crippen LogP contribution is 2.47. The average molecular weight is 557 g/mol. The molecule has 0 atom stereocenters. The van der Waals surface area contributed by atoms with Gasteiger partial charge in [-0.3, -0.25) is 0 Å².